The number of methoxy groups -OCH3 is 1. The molecule has 1 amide bonds. The lowest BCUT2D eigenvalue weighted by molar-refractivity contribution is -0.143. The number of hydrogen-bond acceptors (Lipinski definition) is 4. The average molecular weight is 516 g/mol. The Hall–Kier alpha value is -3.08. The van der Waals surface area contributed by atoms with Crippen molar-refractivity contribution >= 4 is 11.9 Å². The standard InChI is InChI=1S/C25H26F6N2O3/c1-15-4-5-17(8-16(15)2)9-21-13-32(14-22(34)36-3)6-7-33(21)23(35)18-10-19(24(26,27)28)12-20(11-18)25(29,30)31/h4-5,8,10-12,21H,6-7,9,13-14H2,1-3H3/t21-/m1/s1. The van der Waals surface area contributed by atoms with Gasteiger partial charge in [-0.3, -0.25) is 14.5 Å². The molecule has 0 unspecified atom stereocenters. The molecule has 0 aliphatic carbocycles. The summed E-state index contributed by atoms with van der Waals surface area (Å²) in [5.74, 6) is -1.43. The van der Waals surface area contributed by atoms with Crippen molar-refractivity contribution in [1.82, 2.24) is 9.80 Å². The number of nitrogens with zero attached hydrogens (tertiary/aromatic N) is 2. The van der Waals surface area contributed by atoms with E-state index in [4.69, 9.17) is 4.74 Å². The second-order valence-corrected chi connectivity index (χ2v) is 8.88. The van der Waals surface area contributed by atoms with Gasteiger partial charge in [-0.25, -0.2) is 0 Å². The molecule has 0 spiro atoms. The maximum Gasteiger partial charge on any atom is 0.416 e. The lowest BCUT2D eigenvalue weighted by Gasteiger charge is -2.41. The predicted octanol–water partition coefficient (Wildman–Crippen LogP) is 4.88. The summed E-state index contributed by atoms with van der Waals surface area (Å²) in [5.41, 5.74) is -0.887. The van der Waals surface area contributed by atoms with Crippen molar-refractivity contribution in [2.24, 2.45) is 0 Å². The second kappa shape index (κ2) is 10.5. The van der Waals surface area contributed by atoms with Gasteiger partial charge in [-0.1, -0.05) is 18.2 Å². The summed E-state index contributed by atoms with van der Waals surface area (Å²) in [4.78, 5) is 28.2. The van der Waals surface area contributed by atoms with Crippen molar-refractivity contribution in [1.29, 1.82) is 0 Å². The van der Waals surface area contributed by atoms with Gasteiger partial charge in [0.25, 0.3) is 5.91 Å². The monoisotopic (exact) mass is 516 g/mol. The van der Waals surface area contributed by atoms with Crippen LogP contribution in [0.25, 0.3) is 0 Å². The average Bonchev–Trinajstić information content (AvgIpc) is 2.79. The first-order chi connectivity index (χ1) is 16.7. The number of alkyl halides is 6. The number of rotatable bonds is 5. The predicted molar refractivity (Wildman–Crippen MR) is 119 cm³/mol. The van der Waals surface area contributed by atoms with Crippen LogP contribution in [0.1, 0.15) is 38.2 Å². The summed E-state index contributed by atoms with van der Waals surface area (Å²) < 4.78 is 84.7. The van der Waals surface area contributed by atoms with E-state index in [1.807, 2.05) is 32.0 Å². The van der Waals surface area contributed by atoms with Crippen LogP contribution in [-0.4, -0.2) is 61.0 Å². The Balaban J connectivity index is 1.98. The molecule has 1 aliphatic heterocycles. The van der Waals surface area contributed by atoms with Crippen molar-refractivity contribution in [3.05, 3.63) is 69.8 Å². The number of piperazine rings is 1. The number of amides is 1. The number of halogens is 6. The summed E-state index contributed by atoms with van der Waals surface area (Å²) >= 11 is 0. The molecule has 1 aliphatic rings. The number of aryl methyl sites for hydroxylation is 2. The summed E-state index contributed by atoms with van der Waals surface area (Å²) in [6.45, 7) is 4.20. The molecule has 1 heterocycles. The lowest BCUT2D eigenvalue weighted by Crippen LogP contribution is -2.56. The highest BCUT2D eigenvalue weighted by atomic mass is 19.4. The first-order valence-corrected chi connectivity index (χ1v) is 11.1. The summed E-state index contributed by atoms with van der Waals surface area (Å²) in [6.07, 6.45) is -9.82. The number of carbonyl (C=O) groups is 2. The molecular weight excluding hydrogens is 490 g/mol. The van der Waals surface area contributed by atoms with Gasteiger partial charge >= 0.3 is 18.3 Å². The van der Waals surface area contributed by atoms with Crippen molar-refractivity contribution in [2.75, 3.05) is 33.3 Å². The highest BCUT2D eigenvalue weighted by molar-refractivity contribution is 5.95. The van der Waals surface area contributed by atoms with Crippen LogP contribution in [0.5, 0.6) is 0 Å². The number of ether oxygens (including phenoxy) is 1. The molecule has 2 aromatic carbocycles. The summed E-state index contributed by atoms with van der Waals surface area (Å²) in [6, 6.07) is 5.98. The maximum atomic E-state index is 13.3. The van der Waals surface area contributed by atoms with Crippen LogP contribution >= 0.6 is 0 Å². The fourth-order valence-electron chi connectivity index (χ4n) is 4.20. The highest BCUT2D eigenvalue weighted by Crippen LogP contribution is 2.37. The van der Waals surface area contributed by atoms with Crippen LogP contribution in [0.3, 0.4) is 0 Å². The number of hydrogen-bond donors (Lipinski definition) is 0. The van der Waals surface area contributed by atoms with E-state index in [1.54, 1.807) is 4.90 Å². The van der Waals surface area contributed by atoms with Gasteiger partial charge in [0.05, 0.1) is 24.8 Å². The minimum absolute atomic E-state index is 0.00234. The minimum Gasteiger partial charge on any atom is -0.468 e. The molecule has 1 atom stereocenters. The summed E-state index contributed by atoms with van der Waals surface area (Å²) in [5, 5.41) is 0. The van der Waals surface area contributed by atoms with E-state index in [2.05, 4.69) is 0 Å². The molecule has 196 valence electrons. The van der Waals surface area contributed by atoms with Crippen molar-refractivity contribution in [3.8, 4) is 0 Å². The van der Waals surface area contributed by atoms with Gasteiger partial charge < -0.3 is 9.64 Å². The van der Waals surface area contributed by atoms with Gasteiger partial charge in [0.1, 0.15) is 0 Å². The van der Waals surface area contributed by atoms with E-state index in [1.165, 1.54) is 12.0 Å². The molecule has 0 N–H and O–H groups in total. The van der Waals surface area contributed by atoms with E-state index >= 15 is 0 Å². The molecule has 36 heavy (non-hydrogen) atoms. The van der Waals surface area contributed by atoms with Crippen LogP contribution in [0.15, 0.2) is 36.4 Å². The molecule has 2 aromatic rings. The van der Waals surface area contributed by atoms with Crippen molar-refractivity contribution in [3.63, 3.8) is 0 Å². The molecule has 0 radical (unpaired) electrons. The third-order valence-corrected chi connectivity index (χ3v) is 6.29. The van der Waals surface area contributed by atoms with Gasteiger partial charge in [0.15, 0.2) is 0 Å². The number of benzene rings is 2. The Morgan fingerprint density at radius 1 is 0.917 bits per heavy atom. The molecular formula is C25H26F6N2O3. The van der Waals surface area contributed by atoms with Crippen LogP contribution in [-0.2, 0) is 28.3 Å². The molecule has 11 heteroatoms. The normalized spacial score (nSPS) is 17.2. The first-order valence-electron chi connectivity index (χ1n) is 11.1. The van der Waals surface area contributed by atoms with Gasteiger partial charge in [-0.2, -0.15) is 26.3 Å². The fraction of sp³-hybridized carbons (Fsp3) is 0.440. The largest absolute Gasteiger partial charge is 0.468 e. The molecule has 0 bridgehead atoms. The molecule has 1 saturated heterocycles. The topological polar surface area (TPSA) is 49.9 Å². The van der Waals surface area contributed by atoms with Crippen LogP contribution in [0.2, 0.25) is 0 Å². The van der Waals surface area contributed by atoms with Crippen LogP contribution < -0.4 is 0 Å². The third kappa shape index (κ3) is 6.57. The van der Waals surface area contributed by atoms with Gasteiger partial charge in [0, 0.05) is 31.2 Å². The van der Waals surface area contributed by atoms with E-state index in [-0.39, 0.29) is 32.2 Å². The second-order valence-electron chi connectivity index (χ2n) is 8.88. The van der Waals surface area contributed by atoms with Gasteiger partial charge in [-0.15, -0.1) is 0 Å². The smallest absolute Gasteiger partial charge is 0.416 e. The molecule has 5 nitrogen and oxygen atoms in total. The first kappa shape index (κ1) is 27.5. The van der Waals surface area contributed by atoms with Gasteiger partial charge in [0.2, 0.25) is 0 Å². The Morgan fingerprint density at radius 2 is 1.53 bits per heavy atom. The molecule has 0 aromatic heterocycles. The zero-order valence-electron chi connectivity index (χ0n) is 20.0. The number of carbonyl (C=O) groups excluding carboxylic acids is 2. The van der Waals surface area contributed by atoms with E-state index in [0.29, 0.717) is 18.6 Å². The highest BCUT2D eigenvalue weighted by Gasteiger charge is 2.39. The lowest BCUT2D eigenvalue weighted by atomic mass is 9.97. The zero-order chi connectivity index (χ0) is 26.8. The molecule has 3 rings (SSSR count). The van der Waals surface area contributed by atoms with Crippen molar-refractivity contribution in [2.45, 2.75) is 38.7 Å². The van der Waals surface area contributed by atoms with Crippen molar-refractivity contribution < 1.29 is 40.7 Å². The Morgan fingerprint density at radius 3 is 2.06 bits per heavy atom. The Labute approximate surface area is 204 Å². The van der Waals surface area contributed by atoms with E-state index in [9.17, 15) is 35.9 Å². The zero-order valence-corrected chi connectivity index (χ0v) is 20.0. The fourth-order valence-corrected chi connectivity index (χ4v) is 4.20. The molecule has 1 fully saturated rings. The van der Waals surface area contributed by atoms with E-state index < -0.39 is 47.0 Å². The summed E-state index contributed by atoms with van der Waals surface area (Å²) in [7, 11) is 1.24. The van der Waals surface area contributed by atoms with E-state index in [0.717, 1.165) is 16.7 Å². The maximum absolute atomic E-state index is 13.3. The molecule has 0 saturated carbocycles. The van der Waals surface area contributed by atoms with Crippen LogP contribution in [0.4, 0.5) is 26.3 Å². The minimum atomic E-state index is -5.06. The quantitative estimate of drug-likeness (QED) is 0.420. The van der Waals surface area contributed by atoms with Crippen LogP contribution in [0, 0.1) is 13.8 Å². The Bertz CT molecular complexity index is 1100. The Kier molecular flexibility index (Phi) is 8.02. The SMILES string of the molecule is COC(=O)CN1CCN(C(=O)c2cc(C(F)(F)F)cc(C(F)(F)F)c2)[C@H](Cc2ccc(C)c(C)c2)C1. The van der Waals surface area contributed by atoms with Gasteiger partial charge in [-0.05, 0) is 55.2 Å². The number of esters is 1. The third-order valence-electron chi connectivity index (χ3n) is 6.29.